The van der Waals surface area contributed by atoms with E-state index in [1.54, 1.807) is 24.0 Å². The number of nitrogens with zero attached hydrogens (tertiary/aromatic N) is 2. The van der Waals surface area contributed by atoms with Crippen LogP contribution in [0.3, 0.4) is 0 Å². The van der Waals surface area contributed by atoms with Gasteiger partial charge in [-0.25, -0.2) is 4.79 Å². The number of rotatable bonds is 6. The first-order valence-electron chi connectivity index (χ1n) is 11.4. The number of nitrogens with one attached hydrogen (secondary N) is 1. The lowest BCUT2D eigenvalue weighted by molar-refractivity contribution is -0.123. The van der Waals surface area contributed by atoms with Crippen molar-refractivity contribution in [1.82, 2.24) is 10.2 Å². The lowest BCUT2D eigenvalue weighted by atomic mass is 10.1. The van der Waals surface area contributed by atoms with Crippen molar-refractivity contribution in [2.45, 2.75) is 18.0 Å². The fraction of sp³-hybridized carbons (Fsp3) is 0.259. The second-order valence-electron chi connectivity index (χ2n) is 8.41. The molecule has 0 saturated carbocycles. The monoisotopic (exact) mass is 489 g/mol. The molecule has 0 aliphatic carbocycles. The van der Waals surface area contributed by atoms with Gasteiger partial charge in [0.05, 0.1) is 26.5 Å². The molecule has 2 aliphatic heterocycles. The summed E-state index contributed by atoms with van der Waals surface area (Å²) < 4.78 is 10.9. The second kappa shape index (κ2) is 9.54. The van der Waals surface area contributed by atoms with E-state index in [-0.39, 0.29) is 11.9 Å². The smallest absolute Gasteiger partial charge is 0.319 e. The molecule has 3 aromatic carbocycles. The highest BCUT2D eigenvalue weighted by molar-refractivity contribution is 8.01. The standard InChI is InChI=1S/C27H27N3O4S/c1-33-21-10-6-9-20(15-21)18-29-24-12-11-22(34-2)16-23(24)27(25(29)31)30(13-14-35-27)26(32)28-17-19-7-4-3-5-8-19/h3-12,15-16H,13-14,17-18H2,1-2H3,(H,28,32). The predicted octanol–water partition coefficient (Wildman–Crippen LogP) is 4.36. The SMILES string of the molecule is COc1cccc(CN2C(=O)C3(SCCN3C(=O)NCc3ccccc3)c3cc(OC)ccc32)c1. The van der Waals surface area contributed by atoms with Crippen molar-refractivity contribution >= 4 is 29.4 Å². The van der Waals surface area contributed by atoms with Crippen molar-refractivity contribution in [1.29, 1.82) is 0 Å². The Kier molecular flexibility index (Phi) is 6.30. The Morgan fingerprint density at radius 3 is 2.49 bits per heavy atom. The summed E-state index contributed by atoms with van der Waals surface area (Å²) in [6.45, 7) is 1.24. The van der Waals surface area contributed by atoms with Crippen molar-refractivity contribution in [3.8, 4) is 11.5 Å². The van der Waals surface area contributed by atoms with Crippen LogP contribution in [0.25, 0.3) is 0 Å². The van der Waals surface area contributed by atoms with Crippen LogP contribution in [0.1, 0.15) is 16.7 Å². The number of methoxy groups -OCH3 is 2. The average molecular weight is 490 g/mol. The van der Waals surface area contributed by atoms with Crippen molar-refractivity contribution in [3.05, 3.63) is 89.5 Å². The van der Waals surface area contributed by atoms with Crippen molar-refractivity contribution in [3.63, 3.8) is 0 Å². The zero-order chi connectivity index (χ0) is 24.4. The first kappa shape index (κ1) is 23.1. The number of hydrogen-bond donors (Lipinski definition) is 1. The van der Waals surface area contributed by atoms with Gasteiger partial charge in [0.2, 0.25) is 0 Å². The van der Waals surface area contributed by atoms with Crippen LogP contribution in [0.15, 0.2) is 72.8 Å². The van der Waals surface area contributed by atoms with Crippen LogP contribution in [0.2, 0.25) is 0 Å². The van der Waals surface area contributed by atoms with E-state index >= 15 is 0 Å². The molecule has 1 fully saturated rings. The summed E-state index contributed by atoms with van der Waals surface area (Å²) in [6.07, 6.45) is 0. The molecule has 2 heterocycles. The van der Waals surface area contributed by atoms with Gasteiger partial charge < -0.3 is 19.7 Å². The number of carbonyl (C=O) groups excluding carboxylic acids is 2. The zero-order valence-electron chi connectivity index (χ0n) is 19.7. The molecule has 7 nitrogen and oxygen atoms in total. The summed E-state index contributed by atoms with van der Waals surface area (Å²) in [7, 11) is 3.23. The van der Waals surface area contributed by atoms with E-state index < -0.39 is 4.87 Å². The summed E-state index contributed by atoms with van der Waals surface area (Å²) in [6, 6.07) is 22.8. The van der Waals surface area contributed by atoms with E-state index in [1.165, 1.54) is 11.8 Å². The maximum absolute atomic E-state index is 14.1. The quantitative estimate of drug-likeness (QED) is 0.557. The number of benzene rings is 3. The third-order valence-corrected chi connectivity index (χ3v) is 7.83. The molecule has 180 valence electrons. The lowest BCUT2D eigenvalue weighted by Gasteiger charge is -2.33. The number of anilines is 1. The molecule has 3 aromatic rings. The number of urea groups is 1. The molecule has 8 heteroatoms. The molecule has 0 bridgehead atoms. The van der Waals surface area contributed by atoms with Gasteiger partial charge in [-0.05, 0) is 41.5 Å². The van der Waals surface area contributed by atoms with Crippen molar-refractivity contribution in [2.24, 2.45) is 0 Å². The van der Waals surface area contributed by atoms with Crippen LogP contribution in [0.4, 0.5) is 10.5 Å². The largest absolute Gasteiger partial charge is 0.497 e. The van der Waals surface area contributed by atoms with Crippen LogP contribution in [0.5, 0.6) is 11.5 Å². The molecule has 3 amide bonds. The van der Waals surface area contributed by atoms with Gasteiger partial charge in [0.1, 0.15) is 11.5 Å². The van der Waals surface area contributed by atoms with E-state index in [2.05, 4.69) is 5.32 Å². The van der Waals surface area contributed by atoms with E-state index in [9.17, 15) is 9.59 Å². The van der Waals surface area contributed by atoms with E-state index in [0.717, 1.165) is 28.1 Å². The molecule has 1 unspecified atom stereocenters. The van der Waals surface area contributed by atoms with Gasteiger partial charge in [-0.15, -0.1) is 11.8 Å². The Morgan fingerprint density at radius 1 is 0.971 bits per heavy atom. The third-order valence-electron chi connectivity index (χ3n) is 6.41. The molecule has 35 heavy (non-hydrogen) atoms. The Bertz CT molecular complexity index is 1250. The molecular weight excluding hydrogens is 462 g/mol. The number of thioether (sulfide) groups is 1. The molecule has 1 spiro atoms. The van der Waals surface area contributed by atoms with Crippen LogP contribution < -0.4 is 19.7 Å². The van der Waals surface area contributed by atoms with Gasteiger partial charge in [0.25, 0.3) is 5.91 Å². The molecule has 0 aromatic heterocycles. The van der Waals surface area contributed by atoms with Gasteiger partial charge in [-0.1, -0.05) is 42.5 Å². The molecule has 1 atom stereocenters. The number of fused-ring (bicyclic) bond motifs is 2. The summed E-state index contributed by atoms with van der Waals surface area (Å²) in [5, 5.41) is 3.01. The third kappa shape index (κ3) is 4.08. The van der Waals surface area contributed by atoms with Gasteiger partial charge in [-0.3, -0.25) is 9.69 Å². The fourth-order valence-corrected chi connectivity index (χ4v) is 6.15. The molecule has 1 saturated heterocycles. The van der Waals surface area contributed by atoms with E-state index in [1.807, 2.05) is 72.8 Å². The number of ether oxygens (including phenoxy) is 2. The van der Waals surface area contributed by atoms with Gasteiger partial charge in [0.15, 0.2) is 4.87 Å². The van der Waals surface area contributed by atoms with Crippen LogP contribution in [-0.2, 0) is 22.8 Å². The predicted molar refractivity (Wildman–Crippen MR) is 137 cm³/mol. The molecular formula is C27H27N3O4S. The topological polar surface area (TPSA) is 71.1 Å². The van der Waals surface area contributed by atoms with Crippen LogP contribution in [-0.4, -0.2) is 43.4 Å². The van der Waals surface area contributed by atoms with Crippen molar-refractivity contribution < 1.29 is 19.1 Å². The first-order chi connectivity index (χ1) is 17.1. The average Bonchev–Trinajstić information content (AvgIpc) is 3.45. The summed E-state index contributed by atoms with van der Waals surface area (Å²) in [5.41, 5.74) is 3.51. The number of amides is 3. The number of hydrogen-bond acceptors (Lipinski definition) is 5. The van der Waals surface area contributed by atoms with Gasteiger partial charge in [-0.2, -0.15) is 0 Å². The Balaban J connectivity index is 1.49. The minimum Gasteiger partial charge on any atom is -0.497 e. The Hall–Kier alpha value is -3.65. The Labute approximate surface area is 209 Å². The molecule has 2 aliphatic rings. The molecule has 5 rings (SSSR count). The number of carbonyl (C=O) groups is 2. The zero-order valence-corrected chi connectivity index (χ0v) is 20.5. The van der Waals surface area contributed by atoms with Gasteiger partial charge in [0, 0.05) is 24.4 Å². The van der Waals surface area contributed by atoms with E-state index in [4.69, 9.17) is 9.47 Å². The molecule has 0 radical (unpaired) electrons. The summed E-state index contributed by atoms with van der Waals surface area (Å²) in [4.78, 5) is 29.9. The summed E-state index contributed by atoms with van der Waals surface area (Å²) >= 11 is 1.50. The minimum atomic E-state index is -1.14. The highest BCUT2D eigenvalue weighted by atomic mass is 32.2. The highest BCUT2D eigenvalue weighted by Gasteiger charge is 2.59. The highest BCUT2D eigenvalue weighted by Crippen LogP contribution is 2.55. The summed E-state index contributed by atoms with van der Waals surface area (Å²) in [5.74, 6) is 1.92. The Morgan fingerprint density at radius 2 is 1.71 bits per heavy atom. The fourth-order valence-electron chi connectivity index (χ4n) is 4.70. The maximum atomic E-state index is 14.1. The van der Waals surface area contributed by atoms with Crippen molar-refractivity contribution in [2.75, 3.05) is 31.4 Å². The minimum absolute atomic E-state index is 0.124. The lowest BCUT2D eigenvalue weighted by Crippen LogP contribution is -2.53. The first-order valence-corrected chi connectivity index (χ1v) is 12.4. The van der Waals surface area contributed by atoms with Crippen LogP contribution in [0, 0.1) is 0 Å². The molecule has 1 N–H and O–H groups in total. The normalized spacial score (nSPS) is 18.6. The van der Waals surface area contributed by atoms with Crippen LogP contribution >= 0.6 is 11.8 Å². The van der Waals surface area contributed by atoms with Gasteiger partial charge >= 0.3 is 6.03 Å². The second-order valence-corrected chi connectivity index (χ2v) is 9.70. The maximum Gasteiger partial charge on any atom is 0.319 e. The van der Waals surface area contributed by atoms with E-state index in [0.29, 0.717) is 31.1 Å².